The Hall–Kier alpha value is -1.84. The van der Waals surface area contributed by atoms with Crippen molar-refractivity contribution in [1.29, 1.82) is 0 Å². The van der Waals surface area contributed by atoms with Gasteiger partial charge in [-0.05, 0) is 61.2 Å². The van der Waals surface area contributed by atoms with Gasteiger partial charge in [0.2, 0.25) is 21.8 Å². The van der Waals surface area contributed by atoms with E-state index < -0.39 is 28.5 Å². The van der Waals surface area contributed by atoms with Crippen molar-refractivity contribution in [2.24, 2.45) is 0 Å². The highest BCUT2D eigenvalue weighted by Crippen LogP contribution is 2.25. The van der Waals surface area contributed by atoms with Gasteiger partial charge in [-0.3, -0.25) is 9.59 Å². The summed E-state index contributed by atoms with van der Waals surface area (Å²) in [4.78, 5) is 28.4. The first-order chi connectivity index (χ1) is 17.5. The minimum atomic E-state index is -3.96. The number of carbonyl (C=O) groups is 2. The smallest absolute Gasteiger partial charge is 0.243 e. The first kappa shape index (κ1) is 29.7. The summed E-state index contributed by atoms with van der Waals surface area (Å²) in [5, 5.41) is 4.21. The highest BCUT2D eigenvalue weighted by atomic mass is 35.5. The third-order valence-corrected chi connectivity index (χ3v) is 9.36. The van der Waals surface area contributed by atoms with Crippen LogP contribution in [-0.4, -0.2) is 55.1 Å². The maximum Gasteiger partial charge on any atom is 0.243 e. The van der Waals surface area contributed by atoms with Gasteiger partial charge in [-0.1, -0.05) is 67.1 Å². The maximum atomic E-state index is 13.6. The zero-order valence-corrected chi connectivity index (χ0v) is 24.0. The number of likely N-dealkylation sites (N-methyl/N-ethyl adjacent to an activating group) is 1. The number of halogens is 3. The maximum absolute atomic E-state index is 13.6. The van der Waals surface area contributed by atoms with E-state index in [1.54, 1.807) is 18.2 Å². The fourth-order valence-corrected chi connectivity index (χ4v) is 6.02. The molecule has 1 N–H and O–H groups in total. The van der Waals surface area contributed by atoms with E-state index in [2.05, 4.69) is 5.32 Å². The summed E-state index contributed by atoms with van der Waals surface area (Å²) in [6, 6.07) is 10.0. The molecule has 0 spiro atoms. The van der Waals surface area contributed by atoms with Crippen LogP contribution in [0.3, 0.4) is 0 Å². The van der Waals surface area contributed by atoms with E-state index in [-0.39, 0.29) is 23.4 Å². The summed E-state index contributed by atoms with van der Waals surface area (Å²) in [6.07, 6.45) is 5.44. The first-order valence-corrected chi connectivity index (χ1v) is 14.9. The van der Waals surface area contributed by atoms with Crippen LogP contribution in [0.15, 0.2) is 47.4 Å². The van der Waals surface area contributed by atoms with E-state index in [0.717, 1.165) is 36.4 Å². The predicted molar refractivity (Wildman–Crippen MR) is 147 cm³/mol. The number of amides is 2. The van der Waals surface area contributed by atoms with Crippen LogP contribution in [0.4, 0.5) is 0 Å². The molecule has 2 amide bonds. The molecule has 0 bridgehead atoms. The van der Waals surface area contributed by atoms with E-state index in [0.29, 0.717) is 27.1 Å². The fourth-order valence-electron chi connectivity index (χ4n) is 4.45. The van der Waals surface area contributed by atoms with Gasteiger partial charge in [0.05, 0.1) is 21.5 Å². The van der Waals surface area contributed by atoms with Crippen molar-refractivity contribution in [2.75, 3.05) is 13.6 Å². The molecular weight excluding hydrogens is 557 g/mol. The lowest BCUT2D eigenvalue weighted by Crippen LogP contribution is -2.53. The summed E-state index contributed by atoms with van der Waals surface area (Å²) in [7, 11) is -2.62. The van der Waals surface area contributed by atoms with Crippen molar-refractivity contribution in [3.63, 3.8) is 0 Å². The van der Waals surface area contributed by atoms with Crippen molar-refractivity contribution in [1.82, 2.24) is 14.5 Å². The lowest BCUT2D eigenvalue weighted by Gasteiger charge is -2.33. The Morgan fingerprint density at radius 1 is 1.00 bits per heavy atom. The average Bonchev–Trinajstić information content (AvgIpc) is 2.86. The van der Waals surface area contributed by atoms with Crippen molar-refractivity contribution >= 4 is 56.6 Å². The highest BCUT2D eigenvalue weighted by Gasteiger charge is 2.33. The van der Waals surface area contributed by atoms with Crippen molar-refractivity contribution in [3.8, 4) is 0 Å². The molecule has 1 fully saturated rings. The van der Waals surface area contributed by atoms with Gasteiger partial charge < -0.3 is 10.2 Å². The number of hydrogen-bond donors (Lipinski definition) is 1. The van der Waals surface area contributed by atoms with Crippen LogP contribution in [0.2, 0.25) is 15.1 Å². The molecule has 2 aromatic carbocycles. The minimum absolute atomic E-state index is 0.0188. The molecule has 1 saturated carbocycles. The molecule has 0 saturated heterocycles. The van der Waals surface area contributed by atoms with Crippen molar-refractivity contribution in [3.05, 3.63) is 63.1 Å². The Balaban J connectivity index is 1.85. The van der Waals surface area contributed by atoms with E-state index in [1.807, 2.05) is 6.92 Å². The number of hydrogen-bond acceptors (Lipinski definition) is 4. The van der Waals surface area contributed by atoms with Gasteiger partial charge in [-0.2, -0.15) is 4.31 Å². The van der Waals surface area contributed by atoms with Crippen molar-refractivity contribution in [2.45, 2.75) is 69.0 Å². The van der Waals surface area contributed by atoms with Crippen LogP contribution in [-0.2, 0) is 26.2 Å². The molecule has 0 heterocycles. The number of nitrogens with one attached hydrogen (secondary N) is 1. The lowest BCUT2D eigenvalue weighted by atomic mass is 9.95. The minimum Gasteiger partial charge on any atom is -0.352 e. The molecule has 37 heavy (non-hydrogen) atoms. The molecule has 11 heteroatoms. The highest BCUT2D eigenvalue weighted by molar-refractivity contribution is 7.89. The molecule has 3 rings (SSSR count). The van der Waals surface area contributed by atoms with Crippen LogP contribution < -0.4 is 5.32 Å². The molecular formula is C26H32Cl3N3O4S. The van der Waals surface area contributed by atoms with E-state index >= 15 is 0 Å². The Bertz CT molecular complexity index is 1200. The van der Waals surface area contributed by atoms with Gasteiger partial charge in [-0.25, -0.2) is 8.42 Å². The SMILES string of the molecule is CC[C@@H](C(=O)NC1CCCCC1)N(Cc1ccc(Cl)c(Cl)c1)C(=O)CN(C)S(=O)(=O)c1ccc(Cl)cc1. The summed E-state index contributed by atoms with van der Waals surface area (Å²) >= 11 is 18.1. The molecule has 0 radical (unpaired) electrons. The molecule has 1 aliphatic carbocycles. The van der Waals surface area contributed by atoms with Gasteiger partial charge in [-0.15, -0.1) is 0 Å². The Morgan fingerprint density at radius 2 is 1.65 bits per heavy atom. The fraction of sp³-hybridized carbons (Fsp3) is 0.462. The second-order valence-electron chi connectivity index (χ2n) is 9.25. The Morgan fingerprint density at radius 3 is 2.24 bits per heavy atom. The molecule has 0 aliphatic heterocycles. The molecule has 2 aromatic rings. The summed E-state index contributed by atoms with van der Waals surface area (Å²) in [5.74, 6) is -0.747. The number of benzene rings is 2. The number of carbonyl (C=O) groups excluding carboxylic acids is 2. The number of sulfonamides is 1. The molecule has 7 nitrogen and oxygen atoms in total. The second kappa shape index (κ2) is 13.3. The summed E-state index contributed by atoms with van der Waals surface area (Å²) in [5.41, 5.74) is 0.676. The Labute approximate surface area is 234 Å². The van der Waals surface area contributed by atoms with Gasteiger partial charge in [0.1, 0.15) is 6.04 Å². The predicted octanol–water partition coefficient (Wildman–Crippen LogP) is 5.52. The molecule has 202 valence electrons. The quantitative estimate of drug-likeness (QED) is 0.396. The lowest BCUT2D eigenvalue weighted by molar-refractivity contribution is -0.141. The zero-order chi connectivity index (χ0) is 27.2. The normalized spacial score (nSPS) is 15.4. The number of nitrogens with zero attached hydrogens (tertiary/aromatic N) is 2. The van der Waals surface area contributed by atoms with Gasteiger partial charge in [0, 0.05) is 24.7 Å². The standard InChI is InChI=1S/C26H32Cl3N3O4S/c1-3-24(26(34)30-20-7-5-4-6-8-20)32(16-18-9-14-22(28)23(29)15-18)25(33)17-31(2)37(35,36)21-12-10-19(27)11-13-21/h9-15,20,24H,3-8,16-17H2,1-2H3,(H,30,34)/t24-/m0/s1. The number of rotatable bonds is 10. The first-order valence-electron chi connectivity index (χ1n) is 12.3. The second-order valence-corrected chi connectivity index (χ2v) is 12.5. The summed E-state index contributed by atoms with van der Waals surface area (Å²) < 4.78 is 27.1. The molecule has 1 atom stereocenters. The summed E-state index contributed by atoms with van der Waals surface area (Å²) in [6.45, 7) is 1.45. The average molecular weight is 589 g/mol. The largest absolute Gasteiger partial charge is 0.352 e. The molecule has 0 unspecified atom stereocenters. The zero-order valence-electron chi connectivity index (χ0n) is 20.9. The van der Waals surface area contributed by atoms with E-state index in [1.165, 1.54) is 36.2 Å². The van der Waals surface area contributed by atoms with Crippen LogP contribution in [0.1, 0.15) is 51.0 Å². The monoisotopic (exact) mass is 587 g/mol. The van der Waals surface area contributed by atoms with Crippen LogP contribution >= 0.6 is 34.8 Å². The van der Waals surface area contributed by atoms with Crippen molar-refractivity contribution < 1.29 is 18.0 Å². The van der Waals surface area contributed by atoms with E-state index in [4.69, 9.17) is 34.8 Å². The van der Waals surface area contributed by atoms with E-state index in [9.17, 15) is 18.0 Å². The van der Waals surface area contributed by atoms with Gasteiger partial charge in [0.15, 0.2) is 0 Å². The van der Waals surface area contributed by atoms with Crippen LogP contribution in [0, 0.1) is 0 Å². The Kier molecular flexibility index (Phi) is 10.7. The molecule has 1 aliphatic rings. The van der Waals surface area contributed by atoms with Crippen LogP contribution in [0.25, 0.3) is 0 Å². The van der Waals surface area contributed by atoms with Crippen LogP contribution in [0.5, 0.6) is 0 Å². The third kappa shape index (κ3) is 7.83. The van der Waals surface area contributed by atoms with Gasteiger partial charge in [0.25, 0.3) is 0 Å². The third-order valence-electron chi connectivity index (χ3n) is 6.55. The molecule has 0 aromatic heterocycles. The topological polar surface area (TPSA) is 86.8 Å². The van der Waals surface area contributed by atoms with Gasteiger partial charge >= 0.3 is 0 Å².